The molecule has 2 rings (SSSR count). The van der Waals surface area contributed by atoms with E-state index in [4.69, 9.17) is 21.1 Å². The van der Waals surface area contributed by atoms with Gasteiger partial charge in [0.05, 0.1) is 16.6 Å². The van der Waals surface area contributed by atoms with Crippen LogP contribution in [0.2, 0.25) is 5.02 Å². The Morgan fingerprint density at radius 1 is 1.15 bits per heavy atom. The van der Waals surface area contributed by atoms with Gasteiger partial charge in [0.1, 0.15) is 17.2 Å². The zero-order valence-electron chi connectivity index (χ0n) is 11.2. The minimum absolute atomic E-state index is 0.584. The molecule has 0 fully saturated rings. The smallest absolute Gasteiger partial charge is 0.146 e. The van der Waals surface area contributed by atoms with Crippen LogP contribution in [0.4, 0.5) is 0 Å². The zero-order chi connectivity index (χ0) is 14.5. The molecule has 2 aromatic rings. The van der Waals surface area contributed by atoms with Gasteiger partial charge in [-0.25, -0.2) is 0 Å². The van der Waals surface area contributed by atoms with Gasteiger partial charge < -0.3 is 14.8 Å². The van der Waals surface area contributed by atoms with Crippen molar-refractivity contribution in [1.82, 2.24) is 5.32 Å². The standard InChI is InChI=1S/C15H15BrClNO2/c1-18-9-10-3-5-15(13(17)7-10)20-14-6-4-11(19-2)8-12(14)16/h3-8,18H,9H2,1-2H3. The molecule has 0 aliphatic carbocycles. The SMILES string of the molecule is CNCc1ccc(Oc2ccc(OC)cc2Br)c(Cl)c1. The van der Waals surface area contributed by atoms with Crippen molar-refractivity contribution in [2.75, 3.05) is 14.2 Å². The Labute approximate surface area is 132 Å². The number of hydrogen-bond donors (Lipinski definition) is 1. The molecule has 1 N–H and O–H groups in total. The fourth-order valence-corrected chi connectivity index (χ4v) is 2.43. The van der Waals surface area contributed by atoms with E-state index in [1.807, 2.05) is 43.4 Å². The summed E-state index contributed by atoms with van der Waals surface area (Å²) in [5, 5.41) is 3.67. The molecule has 0 amide bonds. The van der Waals surface area contributed by atoms with Gasteiger partial charge in [0.25, 0.3) is 0 Å². The van der Waals surface area contributed by atoms with E-state index in [-0.39, 0.29) is 0 Å². The first-order valence-electron chi connectivity index (χ1n) is 6.08. The van der Waals surface area contributed by atoms with Crippen molar-refractivity contribution >= 4 is 27.5 Å². The minimum atomic E-state index is 0.584. The van der Waals surface area contributed by atoms with Crippen LogP contribution in [-0.2, 0) is 6.54 Å². The first kappa shape index (κ1) is 15.2. The fraction of sp³-hybridized carbons (Fsp3) is 0.200. The maximum Gasteiger partial charge on any atom is 0.146 e. The van der Waals surface area contributed by atoms with E-state index >= 15 is 0 Å². The van der Waals surface area contributed by atoms with E-state index in [0.29, 0.717) is 16.5 Å². The predicted molar refractivity (Wildman–Crippen MR) is 85.0 cm³/mol. The van der Waals surface area contributed by atoms with E-state index in [1.54, 1.807) is 7.11 Å². The third-order valence-corrected chi connectivity index (χ3v) is 3.65. The van der Waals surface area contributed by atoms with Gasteiger partial charge in [-0.3, -0.25) is 0 Å². The molecule has 0 unspecified atom stereocenters. The van der Waals surface area contributed by atoms with Gasteiger partial charge in [0.2, 0.25) is 0 Å². The summed E-state index contributed by atoms with van der Waals surface area (Å²) in [6, 6.07) is 11.3. The first-order chi connectivity index (χ1) is 9.63. The van der Waals surface area contributed by atoms with Crippen molar-refractivity contribution in [2.24, 2.45) is 0 Å². The highest BCUT2D eigenvalue weighted by Crippen LogP contribution is 2.35. The summed E-state index contributed by atoms with van der Waals surface area (Å²) >= 11 is 9.68. The van der Waals surface area contributed by atoms with E-state index in [0.717, 1.165) is 22.3 Å². The number of nitrogens with one attached hydrogen (secondary N) is 1. The average Bonchev–Trinajstić information content (AvgIpc) is 2.44. The number of rotatable bonds is 5. The highest BCUT2D eigenvalue weighted by Gasteiger charge is 2.08. The van der Waals surface area contributed by atoms with Crippen molar-refractivity contribution in [1.29, 1.82) is 0 Å². The predicted octanol–water partition coefficient (Wildman–Crippen LogP) is 4.62. The maximum absolute atomic E-state index is 6.23. The van der Waals surface area contributed by atoms with Gasteiger partial charge in [-0.1, -0.05) is 17.7 Å². The van der Waals surface area contributed by atoms with Crippen LogP contribution in [0.15, 0.2) is 40.9 Å². The lowest BCUT2D eigenvalue weighted by molar-refractivity contribution is 0.412. The van der Waals surface area contributed by atoms with Crippen molar-refractivity contribution < 1.29 is 9.47 Å². The number of ether oxygens (including phenoxy) is 2. The van der Waals surface area contributed by atoms with Crippen molar-refractivity contribution in [2.45, 2.75) is 6.54 Å². The van der Waals surface area contributed by atoms with E-state index in [9.17, 15) is 0 Å². The molecular weight excluding hydrogens is 342 g/mol. The van der Waals surface area contributed by atoms with Crippen LogP contribution in [0.1, 0.15) is 5.56 Å². The topological polar surface area (TPSA) is 30.5 Å². The third kappa shape index (κ3) is 3.66. The Hall–Kier alpha value is -1.23. The molecule has 0 saturated carbocycles. The Morgan fingerprint density at radius 3 is 2.50 bits per heavy atom. The largest absolute Gasteiger partial charge is 0.497 e. The van der Waals surface area contributed by atoms with Crippen LogP contribution in [0.25, 0.3) is 0 Å². The molecule has 5 heteroatoms. The lowest BCUT2D eigenvalue weighted by Crippen LogP contribution is -2.04. The van der Waals surface area contributed by atoms with Crippen LogP contribution in [0.5, 0.6) is 17.2 Å². The zero-order valence-corrected chi connectivity index (χ0v) is 13.6. The molecule has 0 saturated heterocycles. The molecule has 2 aromatic carbocycles. The Morgan fingerprint density at radius 2 is 1.90 bits per heavy atom. The van der Waals surface area contributed by atoms with Gasteiger partial charge >= 0.3 is 0 Å². The molecule has 0 spiro atoms. The fourth-order valence-electron chi connectivity index (χ4n) is 1.75. The normalized spacial score (nSPS) is 10.4. The molecule has 0 aliphatic heterocycles. The molecule has 0 heterocycles. The van der Waals surface area contributed by atoms with Crippen molar-refractivity contribution in [3.63, 3.8) is 0 Å². The monoisotopic (exact) mass is 355 g/mol. The number of halogens is 2. The quantitative estimate of drug-likeness (QED) is 0.848. The van der Waals surface area contributed by atoms with Crippen LogP contribution >= 0.6 is 27.5 Å². The van der Waals surface area contributed by atoms with Crippen LogP contribution < -0.4 is 14.8 Å². The molecule has 0 aliphatic rings. The second kappa shape index (κ2) is 6.97. The van der Waals surface area contributed by atoms with Gasteiger partial charge in [0.15, 0.2) is 0 Å². The summed E-state index contributed by atoms with van der Waals surface area (Å²) in [5.74, 6) is 2.08. The summed E-state index contributed by atoms with van der Waals surface area (Å²) in [7, 11) is 3.52. The van der Waals surface area contributed by atoms with Gasteiger partial charge in [-0.05, 0) is 58.9 Å². The van der Waals surface area contributed by atoms with Crippen molar-refractivity contribution in [3.05, 3.63) is 51.5 Å². The first-order valence-corrected chi connectivity index (χ1v) is 7.25. The molecule has 0 aromatic heterocycles. The Kier molecular flexibility index (Phi) is 5.29. The Bertz CT molecular complexity index is 604. The second-order valence-corrected chi connectivity index (χ2v) is 5.46. The molecular formula is C15H15BrClNO2. The number of hydrogen-bond acceptors (Lipinski definition) is 3. The van der Waals surface area contributed by atoms with Crippen molar-refractivity contribution in [3.8, 4) is 17.2 Å². The summed E-state index contributed by atoms with van der Waals surface area (Å²) in [6.07, 6.45) is 0. The summed E-state index contributed by atoms with van der Waals surface area (Å²) < 4.78 is 11.8. The lowest BCUT2D eigenvalue weighted by Gasteiger charge is -2.11. The van der Waals surface area contributed by atoms with Crippen LogP contribution in [0.3, 0.4) is 0 Å². The molecule has 106 valence electrons. The minimum Gasteiger partial charge on any atom is -0.497 e. The number of methoxy groups -OCH3 is 1. The molecule has 0 radical (unpaired) electrons. The summed E-state index contributed by atoms with van der Waals surface area (Å²) in [5.41, 5.74) is 1.11. The highest BCUT2D eigenvalue weighted by molar-refractivity contribution is 9.10. The maximum atomic E-state index is 6.23. The molecule has 0 bridgehead atoms. The van der Waals surface area contributed by atoms with Gasteiger partial charge in [-0.15, -0.1) is 0 Å². The van der Waals surface area contributed by atoms with E-state index in [2.05, 4.69) is 21.2 Å². The van der Waals surface area contributed by atoms with Gasteiger partial charge in [-0.2, -0.15) is 0 Å². The van der Waals surface area contributed by atoms with Crippen LogP contribution in [-0.4, -0.2) is 14.2 Å². The molecule has 3 nitrogen and oxygen atoms in total. The van der Waals surface area contributed by atoms with E-state index < -0.39 is 0 Å². The molecule has 20 heavy (non-hydrogen) atoms. The summed E-state index contributed by atoms with van der Waals surface area (Å²) in [4.78, 5) is 0. The highest BCUT2D eigenvalue weighted by atomic mass is 79.9. The summed E-state index contributed by atoms with van der Waals surface area (Å²) in [6.45, 7) is 0.770. The van der Waals surface area contributed by atoms with Crippen LogP contribution in [0, 0.1) is 0 Å². The Balaban J connectivity index is 2.21. The van der Waals surface area contributed by atoms with Gasteiger partial charge in [0, 0.05) is 6.54 Å². The third-order valence-electron chi connectivity index (χ3n) is 2.74. The number of benzene rings is 2. The van der Waals surface area contributed by atoms with E-state index in [1.165, 1.54) is 0 Å². The lowest BCUT2D eigenvalue weighted by atomic mass is 10.2. The molecule has 0 atom stereocenters. The average molecular weight is 357 g/mol. The second-order valence-electron chi connectivity index (χ2n) is 4.19.